The van der Waals surface area contributed by atoms with E-state index in [4.69, 9.17) is 4.74 Å². The van der Waals surface area contributed by atoms with E-state index in [1.807, 2.05) is 0 Å². The van der Waals surface area contributed by atoms with Gasteiger partial charge in [-0.3, -0.25) is 0 Å². The number of allylic oxidation sites excluding steroid dienone is 1. The van der Waals surface area contributed by atoms with Gasteiger partial charge in [-0.1, -0.05) is 37.6 Å². The van der Waals surface area contributed by atoms with Gasteiger partial charge in [0.05, 0.1) is 22.8 Å². The molecular weight excluding hydrogens is 504 g/mol. The number of halogens is 8. The van der Waals surface area contributed by atoms with Gasteiger partial charge in [-0.25, -0.2) is 8.78 Å². The topological polar surface area (TPSA) is 9.23 Å². The third kappa shape index (κ3) is 4.68. The van der Waals surface area contributed by atoms with E-state index in [0.29, 0.717) is 37.3 Å². The maximum atomic E-state index is 15.4. The van der Waals surface area contributed by atoms with E-state index >= 15 is 30.7 Å². The normalized spacial score (nSPS) is 22.3. The molecule has 1 fully saturated rings. The van der Waals surface area contributed by atoms with Gasteiger partial charge in [0.15, 0.2) is 0 Å². The molecule has 0 bridgehead atoms. The minimum Gasteiger partial charge on any atom is -0.313 e. The largest absolute Gasteiger partial charge is 0.386 e. The van der Waals surface area contributed by atoms with Gasteiger partial charge in [-0.15, -0.1) is 6.58 Å². The highest BCUT2D eigenvalue weighted by Gasteiger charge is 2.66. The van der Waals surface area contributed by atoms with Crippen LogP contribution in [-0.4, -0.2) is 6.10 Å². The summed E-state index contributed by atoms with van der Waals surface area (Å²) in [5.74, 6) is -13.8. The van der Waals surface area contributed by atoms with Crippen LogP contribution in [0.25, 0.3) is 11.1 Å². The van der Waals surface area contributed by atoms with Gasteiger partial charge in [-0.2, -0.15) is 26.3 Å². The molecule has 0 saturated heterocycles. The predicted molar refractivity (Wildman–Crippen MR) is 124 cm³/mol. The summed E-state index contributed by atoms with van der Waals surface area (Å²) in [6.45, 7) is 5.31. The van der Waals surface area contributed by atoms with Gasteiger partial charge in [-0.05, 0) is 73.6 Å². The number of aryl methyl sites for hydroxylation is 1. The molecule has 0 amide bonds. The van der Waals surface area contributed by atoms with Crippen molar-refractivity contribution in [2.24, 2.45) is 5.92 Å². The zero-order chi connectivity index (χ0) is 27.2. The van der Waals surface area contributed by atoms with Gasteiger partial charge in [0, 0.05) is 0 Å². The van der Waals surface area contributed by atoms with Crippen LogP contribution in [0, 0.1) is 17.6 Å². The van der Waals surface area contributed by atoms with Gasteiger partial charge in [0.1, 0.15) is 11.6 Å². The summed E-state index contributed by atoms with van der Waals surface area (Å²) in [7, 11) is 0. The van der Waals surface area contributed by atoms with Crippen LogP contribution in [-0.2, 0) is 29.1 Å². The number of alkyl halides is 6. The number of fused-ring (bicyclic) bond motifs is 3. The molecule has 2 aliphatic rings. The fourth-order valence-electron chi connectivity index (χ4n) is 5.42. The first-order valence-corrected chi connectivity index (χ1v) is 12.4. The van der Waals surface area contributed by atoms with E-state index in [9.17, 15) is 4.39 Å². The predicted octanol–water partition coefficient (Wildman–Crippen LogP) is 9.37. The van der Waals surface area contributed by atoms with Crippen molar-refractivity contribution in [2.45, 2.75) is 82.3 Å². The summed E-state index contributed by atoms with van der Waals surface area (Å²) in [6, 6.07) is 3.42. The number of rotatable bonds is 8. The minimum absolute atomic E-state index is 0.0284. The molecule has 0 aliphatic heterocycles. The molecule has 37 heavy (non-hydrogen) atoms. The Labute approximate surface area is 210 Å². The first-order chi connectivity index (χ1) is 17.4. The van der Waals surface area contributed by atoms with Crippen molar-refractivity contribution in [2.75, 3.05) is 0 Å². The Bertz CT molecular complexity index is 1170. The van der Waals surface area contributed by atoms with Crippen LogP contribution in [0.4, 0.5) is 35.1 Å². The first kappa shape index (κ1) is 27.6. The summed E-state index contributed by atoms with van der Waals surface area (Å²) in [5.41, 5.74) is -6.59. The fraction of sp³-hybridized carbons (Fsp3) is 0.500. The zero-order valence-electron chi connectivity index (χ0n) is 20.3. The second kappa shape index (κ2) is 10.0. The Balaban J connectivity index is 1.71. The summed E-state index contributed by atoms with van der Waals surface area (Å²) in [4.78, 5) is 0. The van der Waals surface area contributed by atoms with Crippen molar-refractivity contribution in [3.8, 4) is 11.1 Å². The van der Waals surface area contributed by atoms with Crippen LogP contribution >= 0.6 is 0 Å². The quantitative estimate of drug-likeness (QED) is 0.243. The number of hydrogen-bond donors (Lipinski definition) is 0. The summed E-state index contributed by atoms with van der Waals surface area (Å²) in [5, 5.41) is 0. The molecule has 0 aromatic heterocycles. The third-order valence-corrected chi connectivity index (χ3v) is 7.40. The first-order valence-electron chi connectivity index (χ1n) is 12.4. The molecular formula is C28H28F8O. The van der Waals surface area contributed by atoms with Crippen LogP contribution in [0.3, 0.4) is 0 Å². The molecule has 1 saturated carbocycles. The van der Waals surface area contributed by atoms with Crippen LogP contribution in [0.1, 0.15) is 74.1 Å². The molecule has 0 N–H and O–H groups in total. The summed E-state index contributed by atoms with van der Waals surface area (Å²) >= 11 is 0. The molecule has 9 heteroatoms. The van der Waals surface area contributed by atoms with Gasteiger partial charge in [0.2, 0.25) is 0 Å². The average molecular weight is 533 g/mol. The Morgan fingerprint density at radius 2 is 1.49 bits per heavy atom. The van der Waals surface area contributed by atoms with Gasteiger partial charge < -0.3 is 4.74 Å². The SMILES string of the molecule is C=CCCC1CCC(OC(F)(F)c2ccc3c(c2F)C(F)(F)C(F)(F)c2c-3ccc(CCC)c2F)CC1. The van der Waals surface area contributed by atoms with E-state index in [1.54, 1.807) is 13.0 Å². The molecule has 0 radical (unpaired) electrons. The number of benzene rings is 2. The Morgan fingerprint density at radius 3 is 2.05 bits per heavy atom. The van der Waals surface area contributed by atoms with Crippen LogP contribution in [0.2, 0.25) is 0 Å². The second-order valence-corrected chi connectivity index (χ2v) is 9.85. The lowest BCUT2D eigenvalue weighted by atomic mass is 9.78. The minimum atomic E-state index is -5.28. The molecule has 0 heterocycles. The average Bonchev–Trinajstić information content (AvgIpc) is 2.83. The maximum Gasteiger partial charge on any atom is 0.386 e. The Kier molecular flexibility index (Phi) is 7.49. The molecule has 2 aliphatic carbocycles. The van der Waals surface area contributed by atoms with E-state index in [0.717, 1.165) is 25.0 Å². The molecule has 4 rings (SSSR count). The monoisotopic (exact) mass is 532 g/mol. The van der Waals surface area contributed by atoms with Crippen molar-refractivity contribution < 1.29 is 39.9 Å². The fourth-order valence-corrected chi connectivity index (χ4v) is 5.42. The second-order valence-electron chi connectivity index (χ2n) is 9.85. The summed E-state index contributed by atoms with van der Waals surface area (Å²) < 4.78 is 126. The molecule has 2 aromatic rings. The molecule has 202 valence electrons. The van der Waals surface area contributed by atoms with Gasteiger partial charge >= 0.3 is 18.0 Å². The van der Waals surface area contributed by atoms with E-state index < -0.39 is 63.5 Å². The zero-order valence-corrected chi connectivity index (χ0v) is 20.3. The third-order valence-electron chi connectivity index (χ3n) is 7.40. The van der Waals surface area contributed by atoms with Crippen LogP contribution in [0.5, 0.6) is 0 Å². The van der Waals surface area contributed by atoms with Crippen molar-refractivity contribution in [3.63, 3.8) is 0 Å². The highest BCUT2D eigenvalue weighted by molar-refractivity contribution is 5.77. The molecule has 0 atom stereocenters. The standard InChI is InChI=1S/C28H28F8O/c1-3-5-7-16-8-11-18(12-9-16)37-28(35,36)21-15-14-20-19-13-10-17(6-4-2)24(29)22(19)26(31,32)27(33,34)23(20)25(21)30/h3,10,13-16,18H,1,4-9,11-12H2,2H3. The van der Waals surface area contributed by atoms with E-state index in [2.05, 4.69) is 6.58 Å². The summed E-state index contributed by atoms with van der Waals surface area (Å²) in [6.07, 6.45) is 0.288. The Morgan fingerprint density at radius 1 is 0.919 bits per heavy atom. The lowest BCUT2D eigenvalue weighted by Gasteiger charge is -2.36. The lowest BCUT2D eigenvalue weighted by Crippen LogP contribution is -2.42. The molecule has 0 spiro atoms. The Hall–Kier alpha value is -2.42. The van der Waals surface area contributed by atoms with E-state index in [1.165, 1.54) is 0 Å². The highest BCUT2D eigenvalue weighted by atomic mass is 19.3. The van der Waals surface area contributed by atoms with Crippen LogP contribution < -0.4 is 0 Å². The van der Waals surface area contributed by atoms with Crippen molar-refractivity contribution in [1.82, 2.24) is 0 Å². The maximum absolute atomic E-state index is 15.4. The van der Waals surface area contributed by atoms with Gasteiger partial charge in [0.25, 0.3) is 0 Å². The van der Waals surface area contributed by atoms with E-state index in [-0.39, 0.29) is 24.8 Å². The van der Waals surface area contributed by atoms with Crippen molar-refractivity contribution in [1.29, 1.82) is 0 Å². The smallest absolute Gasteiger partial charge is 0.313 e. The molecule has 2 aromatic carbocycles. The van der Waals surface area contributed by atoms with Crippen molar-refractivity contribution >= 4 is 0 Å². The molecule has 1 nitrogen and oxygen atoms in total. The number of ether oxygens (including phenoxy) is 1. The number of hydrogen-bond acceptors (Lipinski definition) is 1. The highest BCUT2D eigenvalue weighted by Crippen LogP contribution is 2.60. The lowest BCUT2D eigenvalue weighted by molar-refractivity contribution is -0.279. The van der Waals surface area contributed by atoms with Crippen molar-refractivity contribution in [3.05, 3.63) is 70.8 Å². The molecule has 0 unspecified atom stereocenters. The van der Waals surface area contributed by atoms with Crippen LogP contribution in [0.15, 0.2) is 36.9 Å².